The van der Waals surface area contributed by atoms with Gasteiger partial charge in [0.25, 0.3) is 5.91 Å². The maximum absolute atomic E-state index is 12.8. The molecule has 0 bridgehead atoms. The zero-order chi connectivity index (χ0) is 26.9. The number of nitrogens with zero attached hydrogens (tertiary/aromatic N) is 6. The molecule has 1 N–H and O–H groups in total. The Morgan fingerprint density at radius 2 is 2.05 bits per heavy atom. The van der Waals surface area contributed by atoms with Crippen molar-refractivity contribution in [2.75, 3.05) is 6.61 Å². The van der Waals surface area contributed by atoms with Crippen LogP contribution in [0.4, 0.5) is 0 Å². The Bertz CT molecular complexity index is 1680. The minimum absolute atomic E-state index is 0.202. The van der Waals surface area contributed by atoms with E-state index in [0.29, 0.717) is 42.5 Å². The number of aromatic nitrogens is 6. The number of imidazole rings is 2. The Kier molecular flexibility index (Phi) is 6.78. The first-order valence-electron chi connectivity index (χ1n) is 13.0. The minimum atomic E-state index is -0.241. The van der Waals surface area contributed by atoms with Crippen LogP contribution in [-0.4, -0.2) is 47.0 Å². The lowest BCUT2D eigenvalue weighted by atomic mass is 10.1. The van der Waals surface area contributed by atoms with Gasteiger partial charge in [-0.3, -0.25) is 14.3 Å². The highest BCUT2D eigenvalue weighted by Gasteiger charge is 2.25. The van der Waals surface area contributed by atoms with Gasteiger partial charge in [0.15, 0.2) is 0 Å². The fraction of sp³-hybridized carbons (Fsp3) is 0.321. The molecule has 0 unspecified atom stereocenters. The zero-order valence-electron chi connectivity index (χ0n) is 21.5. The van der Waals surface area contributed by atoms with E-state index in [2.05, 4.69) is 27.7 Å². The van der Waals surface area contributed by atoms with Crippen LogP contribution in [0.1, 0.15) is 65.0 Å². The number of aryl methyl sites for hydroxylation is 1. The number of pyridine rings is 2. The lowest BCUT2D eigenvalue weighted by Gasteiger charge is -2.07. The van der Waals surface area contributed by atoms with Crippen LogP contribution in [-0.2, 0) is 29.0 Å². The van der Waals surface area contributed by atoms with Gasteiger partial charge in [-0.25, -0.2) is 9.97 Å². The number of amides is 1. The van der Waals surface area contributed by atoms with Gasteiger partial charge in [-0.15, -0.1) is 0 Å². The number of fused-ring (bicyclic) bond motifs is 2. The summed E-state index contributed by atoms with van der Waals surface area (Å²) < 4.78 is 10.7. The van der Waals surface area contributed by atoms with Crippen molar-refractivity contribution in [1.82, 2.24) is 33.9 Å². The quantitative estimate of drug-likeness (QED) is 0.264. The Balaban J connectivity index is 1.15. The van der Waals surface area contributed by atoms with Gasteiger partial charge >= 0.3 is 5.97 Å². The first-order valence-corrected chi connectivity index (χ1v) is 13.4. The molecule has 6 rings (SSSR count). The number of hydrogen-bond donors (Lipinski definition) is 1. The average Bonchev–Trinajstić information content (AvgIpc) is 3.33. The smallest absolute Gasteiger partial charge is 0.306 e. The normalized spacial score (nSPS) is 13.3. The number of nitrogens with one attached hydrogen (secondary N) is 1. The molecule has 0 radical (unpaired) electrons. The fourth-order valence-electron chi connectivity index (χ4n) is 4.77. The molecule has 0 atom stereocenters. The Labute approximate surface area is 229 Å². The number of hydrogen-bond acceptors (Lipinski definition) is 6. The number of esters is 1. The van der Waals surface area contributed by atoms with Gasteiger partial charge in [-0.05, 0) is 55.4 Å². The highest BCUT2D eigenvalue weighted by Crippen LogP contribution is 2.40. The summed E-state index contributed by atoms with van der Waals surface area (Å²) in [5, 5.41) is 7.89. The first-order chi connectivity index (χ1) is 19.0. The molecule has 0 saturated heterocycles. The third-order valence-electron chi connectivity index (χ3n) is 6.87. The number of carbonyl (C=O) groups excluding carboxylic acids is 2. The monoisotopic (exact) mass is 545 g/mol. The molecule has 1 fully saturated rings. The molecule has 0 spiro atoms. The van der Waals surface area contributed by atoms with Crippen molar-refractivity contribution >= 4 is 34.6 Å². The summed E-state index contributed by atoms with van der Waals surface area (Å²) in [7, 11) is 0. The third kappa shape index (κ3) is 5.51. The molecule has 1 amide bonds. The highest BCUT2D eigenvalue weighted by molar-refractivity contribution is 6.30. The molecule has 11 heteroatoms. The number of carbonyl (C=O) groups is 2. The van der Waals surface area contributed by atoms with Crippen molar-refractivity contribution in [2.45, 2.75) is 51.6 Å². The lowest BCUT2D eigenvalue weighted by Crippen LogP contribution is -2.22. The molecule has 1 saturated carbocycles. The maximum Gasteiger partial charge on any atom is 0.306 e. The van der Waals surface area contributed by atoms with Crippen molar-refractivity contribution in [3.8, 4) is 0 Å². The Morgan fingerprint density at radius 1 is 1.18 bits per heavy atom. The predicted molar refractivity (Wildman–Crippen MR) is 145 cm³/mol. The second kappa shape index (κ2) is 10.5. The number of ether oxygens (including phenoxy) is 1. The predicted octanol–water partition coefficient (Wildman–Crippen LogP) is 4.18. The van der Waals surface area contributed by atoms with Gasteiger partial charge < -0.3 is 18.9 Å². The second-order valence-corrected chi connectivity index (χ2v) is 10.2. The highest BCUT2D eigenvalue weighted by atomic mass is 35.5. The van der Waals surface area contributed by atoms with Crippen molar-refractivity contribution in [3.05, 3.63) is 88.6 Å². The van der Waals surface area contributed by atoms with E-state index in [1.54, 1.807) is 29.5 Å². The largest absolute Gasteiger partial charge is 0.466 e. The summed E-state index contributed by atoms with van der Waals surface area (Å²) >= 11 is 6.11. The Morgan fingerprint density at radius 3 is 2.87 bits per heavy atom. The van der Waals surface area contributed by atoms with Gasteiger partial charge in [-0.1, -0.05) is 17.7 Å². The molecular weight excluding hydrogens is 518 g/mol. The second-order valence-electron chi connectivity index (χ2n) is 9.78. The van der Waals surface area contributed by atoms with E-state index in [0.717, 1.165) is 28.1 Å². The van der Waals surface area contributed by atoms with Crippen LogP contribution in [0.3, 0.4) is 0 Å². The van der Waals surface area contributed by atoms with Gasteiger partial charge in [-0.2, -0.15) is 5.10 Å². The van der Waals surface area contributed by atoms with Gasteiger partial charge in [0.2, 0.25) is 0 Å². The van der Waals surface area contributed by atoms with Gasteiger partial charge in [0.1, 0.15) is 5.65 Å². The third-order valence-corrected chi connectivity index (χ3v) is 7.10. The number of rotatable bonds is 10. The number of halogens is 1. The topological polar surface area (TPSA) is 108 Å². The van der Waals surface area contributed by atoms with E-state index in [1.165, 1.54) is 18.4 Å². The van der Waals surface area contributed by atoms with Gasteiger partial charge in [0.05, 0.1) is 54.7 Å². The van der Waals surface area contributed by atoms with Crippen molar-refractivity contribution in [2.24, 2.45) is 0 Å². The van der Waals surface area contributed by atoms with Crippen LogP contribution >= 0.6 is 11.6 Å². The molecule has 0 aromatic carbocycles. The molecule has 200 valence electrons. The molecular formula is C28H28ClN7O3. The molecule has 1 aliphatic carbocycles. The van der Waals surface area contributed by atoms with Crippen LogP contribution in [0.25, 0.3) is 11.2 Å². The lowest BCUT2D eigenvalue weighted by molar-refractivity contribution is -0.143. The minimum Gasteiger partial charge on any atom is -0.466 e. The van der Waals surface area contributed by atoms with Crippen LogP contribution in [0.2, 0.25) is 5.02 Å². The molecule has 5 heterocycles. The van der Waals surface area contributed by atoms with E-state index in [-0.39, 0.29) is 18.4 Å². The molecule has 0 aliphatic heterocycles. The zero-order valence-corrected chi connectivity index (χ0v) is 22.3. The maximum atomic E-state index is 12.8. The van der Waals surface area contributed by atoms with Crippen LogP contribution in [0, 0.1) is 0 Å². The molecule has 5 aromatic heterocycles. The standard InChI is InChI=1S/C28H28ClN7O3/c1-2-39-26(37)6-5-19-9-20(18-3-4-18)13-35-15-23(33-27(19)35)16-36-14-21(11-32-36)28(38)30-12-24-25-10-22(29)7-8-34(25)17-31-24/h7-11,13-15,17-18H,2-6,12,16H2,1H3,(H,30,38). The average molecular weight is 546 g/mol. The van der Waals surface area contributed by atoms with Crippen LogP contribution in [0.15, 0.2) is 55.5 Å². The fourth-order valence-corrected chi connectivity index (χ4v) is 4.93. The van der Waals surface area contributed by atoms with Gasteiger partial charge in [0, 0.05) is 36.2 Å². The van der Waals surface area contributed by atoms with E-state index < -0.39 is 0 Å². The van der Waals surface area contributed by atoms with E-state index >= 15 is 0 Å². The van der Waals surface area contributed by atoms with E-state index in [1.807, 2.05) is 34.2 Å². The van der Waals surface area contributed by atoms with Crippen LogP contribution in [0.5, 0.6) is 0 Å². The van der Waals surface area contributed by atoms with E-state index in [9.17, 15) is 9.59 Å². The summed E-state index contributed by atoms with van der Waals surface area (Å²) in [6, 6.07) is 5.78. The van der Waals surface area contributed by atoms with Crippen molar-refractivity contribution < 1.29 is 14.3 Å². The first kappa shape index (κ1) is 25.1. The Hall–Kier alpha value is -4.18. The SMILES string of the molecule is CCOC(=O)CCc1cc(C2CC2)cn2cc(Cn3cc(C(=O)NCc4ncn5ccc(Cl)cc45)cn3)nc12. The summed E-state index contributed by atoms with van der Waals surface area (Å²) in [5.74, 6) is 0.132. The van der Waals surface area contributed by atoms with Crippen molar-refractivity contribution in [1.29, 1.82) is 0 Å². The molecule has 39 heavy (non-hydrogen) atoms. The van der Waals surface area contributed by atoms with Crippen LogP contribution < -0.4 is 5.32 Å². The summed E-state index contributed by atoms with van der Waals surface area (Å²) in [6.45, 7) is 2.87. The molecule has 1 aliphatic rings. The summed E-state index contributed by atoms with van der Waals surface area (Å²) in [5.41, 5.74) is 5.98. The van der Waals surface area contributed by atoms with Crippen molar-refractivity contribution in [3.63, 3.8) is 0 Å². The molecule has 5 aromatic rings. The summed E-state index contributed by atoms with van der Waals surface area (Å²) in [6.07, 6.45) is 14.2. The molecule has 10 nitrogen and oxygen atoms in total. The summed E-state index contributed by atoms with van der Waals surface area (Å²) in [4.78, 5) is 34.0. The van der Waals surface area contributed by atoms with E-state index in [4.69, 9.17) is 21.3 Å².